The second kappa shape index (κ2) is 6.66. The Morgan fingerprint density at radius 1 is 1.27 bits per heavy atom. The lowest BCUT2D eigenvalue weighted by Gasteiger charge is -2.05. The molecule has 1 heterocycles. The number of hydrogen-bond acceptors (Lipinski definition) is 6. The van der Waals surface area contributed by atoms with Gasteiger partial charge in [-0.3, -0.25) is 9.59 Å². The summed E-state index contributed by atoms with van der Waals surface area (Å²) >= 11 is 0. The van der Waals surface area contributed by atoms with Crippen LogP contribution in [-0.4, -0.2) is 27.8 Å². The van der Waals surface area contributed by atoms with E-state index in [1.807, 2.05) is 0 Å². The Morgan fingerprint density at radius 3 is 2.68 bits per heavy atom. The first kappa shape index (κ1) is 15.4. The van der Waals surface area contributed by atoms with E-state index in [-0.39, 0.29) is 12.2 Å². The number of aliphatic carboxylic acids is 1. The summed E-state index contributed by atoms with van der Waals surface area (Å²) < 4.78 is 10.4. The molecule has 114 valence electrons. The zero-order valence-electron chi connectivity index (χ0n) is 11.7. The highest BCUT2D eigenvalue weighted by Gasteiger charge is 2.18. The van der Waals surface area contributed by atoms with Gasteiger partial charge in [-0.1, -0.05) is 17.3 Å². The SMILES string of the molecule is Cc1cc(COc2cccc(C(=O)CC(=O)C(=O)O)c2)no1. The molecule has 2 aromatic rings. The molecule has 0 saturated heterocycles. The van der Waals surface area contributed by atoms with E-state index in [0.717, 1.165) is 0 Å². The van der Waals surface area contributed by atoms with Gasteiger partial charge in [-0.15, -0.1) is 0 Å². The van der Waals surface area contributed by atoms with E-state index in [9.17, 15) is 14.4 Å². The maximum Gasteiger partial charge on any atom is 0.372 e. The van der Waals surface area contributed by atoms with Crippen LogP contribution < -0.4 is 4.74 Å². The fraction of sp³-hybridized carbons (Fsp3) is 0.200. The lowest BCUT2D eigenvalue weighted by Crippen LogP contribution is -2.17. The van der Waals surface area contributed by atoms with Crippen LogP contribution in [0.5, 0.6) is 5.75 Å². The number of carbonyl (C=O) groups excluding carboxylic acids is 2. The Hall–Kier alpha value is -2.96. The van der Waals surface area contributed by atoms with E-state index in [1.165, 1.54) is 12.1 Å². The minimum absolute atomic E-state index is 0.170. The summed E-state index contributed by atoms with van der Waals surface area (Å²) in [5, 5.41) is 12.3. The van der Waals surface area contributed by atoms with Crippen LogP contribution in [0.4, 0.5) is 0 Å². The molecule has 0 spiro atoms. The molecular weight excluding hydrogens is 290 g/mol. The van der Waals surface area contributed by atoms with Crippen molar-refractivity contribution in [2.75, 3.05) is 0 Å². The van der Waals surface area contributed by atoms with Crippen molar-refractivity contribution in [3.8, 4) is 5.75 Å². The van der Waals surface area contributed by atoms with Crippen molar-refractivity contribution >= 4 is 17.5 Å². The molecule has 22 heavy (non-hydrogen) atoms. The minimum Gasteiger partial charge on any atom is -0.487 e. The third kappa shape index (κ3) is 4.02. The number of aromatic nitrogens is 1. The average Bonchev–Trinajstić information content (AvgIpc) is 2.91. The molecule has 7 nitrogen and oxygen atoms in total. The van der Waals surface area contributed by atoms with Crippen LogP contribution in [0.1, 0.15) is 28.2 Å². The second-order valence-corrected chi connectivity index (χ2v) is 4.57. The summed E-state index contributed by atoms with van der Waals surface area (Å²) in [5.74, 6) is -2.27. The molecule has 0 atom stereocenters. The smallest absolute Gasteiger partial charge is 0.372 e. The van der Waals surface area contributed by atoms with Crippen LogP contribution in [0.15, 0.2) is 34.9 Å². The van der Waals surface area contributed by atoms with Gasteiger partial charge in [0.05, 0.1) is 6.42 Å². The summed E-state index contributed by atoms with van der Waals surface area (Å²) in [6.07, 6.45) is -0.679. The van der Waals surface area contributed by atoms with Crippen LogP contribution in [0.3, 0.4) is 0 Å². The number of ketones is 2. The summed E-state index contributed by atoms with van der Waals surface area (Å²) in [6.45, 7) is 1.93. The minimum atomic E-state index is -1.62. The maximum absolute atomic E-state index is 11.8. The summed E-state index contributed by atoms with van der Waals surface area (Å²) in [6, 6.07) is 7.89. The first-order chi connectivity index (χ1) is 10.5. The molecule has 1 aromatic heterocycles. The van der Waals surface area contributed by atoms with Crippen LogP contribution in [-0.2, 0) is 16.2 Å². The Labute approximate surface area is 125 Å². The van der Waals surface area contributed by atoms with E-state index in [0.29, 0.717) is 17.2 Å². The van der Waals surface area contributed by atoms with Crippen LogP contribution in [0, 0.1) is 6.92 Å². The van der Waals surface area contributed by atoms with E-state index < -0.39 is 24.0 Å². The van der Waals surface area contributed by atoms with Gasteiger partial charge in [-0.25, -0.2) is 4.79 Å². The van der Waals surface area contributed by atoms with Crippen LogP contribution in [0.2, 0.25) is 0 Å². The van der Waals surface area contributed by atoms with Gasteiger partial charge >= 0.3 is 5.97 Å². The van der Waals surface area contributed by atoms with Gasteiger partial charge < -0.3 is 14.4 Å². The molecule has 0 amide bonds. The molecule has 2 rings (SSSR count). The predicted molar refractivity (Wildman–Crippen MR) is 73.6 cm³/mol. The maximum atomic E-state index is 11.8. The molecule has 1 aromatic carbocycles. The van der Waals surface area contributed by atoms with Gasteiger partial charge in [0.2, 0.25) is 5.78 Å². The van der Waals surface area contributed by atoms with Gasteiger partial charge in [0.15, 0.2) is 5.78 Å². The Bertz CT molecular complexity index is 718. The molecule has 0 radical (unpaired) electrons. The van der Waals surface area contributed by atoms with Crippen molar-refractivity contribution in [1.82, 2.24) is 5.16 Å². The van der Waals surface area contributed by atoms with Crippen LogP contribution >= 0.6 is 0 Å². The number of rotatable bonds is 7. The average molecular weight is 303 g/mol. The first-order valence-electron chi connectivity index (χ1n) is 6.40. The van der Waals surface area contributed by atoms with Crippen molar-refractivity contribution in [1.29, 1.82) is 0 Å². The number of carboxylic acids is 1. The summed E-state index contributed by atoms with van der Waals surface area (Å²) in [4.78, 5) is 33.3. The van der Waals surface area contributed by atoms with Crippen LogP contribution in [0.25, 0.3) is 0 Å². The van der Waals surface area contributed by atoms with Crippen molar-refractivity contribution in [2.24, 2.45) is 0 Å². The summed E-state index contributed by atoms with van der Waals surface area (Å²) in [5.41, 5.74) is 0.818. The number of hydrogen-bond donors (Lipinski definition) is 1. The van der Waals surface area contributed by atoms with Gasteiger partial charge in [0.1, 0.15) is 23.8 Å². The van der Waals surface area contributed by atoms with Crippen molar-refractivity contribution < 1.29 is 28.8 Å². The third-order valence-corrected chi connectivity index (χ3v) is 2.78. The van der Waals surface area contributed by atoms with E-state index in [1.54, 1.807) is 25.1 Å². The van der Waals surface area contributed by atoms with E-state index in [4.69, 9.17) is 14.4 Å². The molecule has 0 aliphatic rings. The number of carbonyl (C=O) groups is 3. The fourth-order valence-electron chi connectivity index (χ4n) is 1.73. The topological polar surface area (TPSA) is 107 Å². The van der Waals surface area contributed by atoms with Gasteiger partial charge in [0.25, 0.3) is 0 Å². The van der Waals surface area contributed by atoms with Crippen molar-refractivity contribution in [2.45, 2.75) is 20.0 Å². The van der Waals surface area contributed by atoms with Crippen molar-refractivity contribution in [3.63, 3.8) is 0 Å². The molecule has 0 fully saturated rings. The largest absolute Gasteiger partial charge is 0.487 e. The number of benzene rings is 1. The Balaban J connectivity index is 2.01. The highest BCUT2D eigenvalue weighted by atomic mass is 16.5. The lowest BCUT2D eigenvalue weighted by atomic mass is 10.1. The van der Waals surface area contributed by atoms with Gasteiger partial charge in [-0.2, -0.15) is 0 Å². The second-order valence-electron chi connectivity index (χ2n) is 4.57. The first-order valence-corrected chi connectivity index (χ1v) is 6.40. The normalized spacial score (nSPS) is 10.2. The molecule has 0 bridgehead atoms. The Morgan fingerprint density at radius 2 is 2.05 bits per heavy atom. The number of nitrogens with zero attached hydrogens (tertiary/aromatic N) is 1. The number of Topliss-reactive ketones (excluding diaryl/α,β-unsaturated/α-hetero) is 2. The molecule has 7 heteroatoms. The standard InChI is InChI=1S/C15H13NO6/c1-9-5-11(16-22-9)8-21-12-4-2-3-10(6-12)13(17)7-14(18)15(19)20/h2-6H,7-8H2,1H3,(H,19,20). The Kier molecular flexibility index (Phi) is 4.67. The molecule has 0 aliphatic heterocycles. The molecule has 0 aliphatic carbocycles. The number of aryl methyl sites for hydroxylation is 1. The highest BCUT2D eigenvalue weighted by molar-refractivity contribution is 6.37. The monoisotopic (exact) mass is 303 g/mol. The predicted octanol–water partition coefficient (Wildman–Crippen LogP) is 1.79. The molecular formula is C15H13NO6. The van der Waals surface area contributed by atoms with Crippen molar-refractivity contribution in [3.05, 3.63) is 47.3 Å². The number of carboxylic acid groups (broad SMARTS) is 1. The molecule has 1 N–H and O–H groups in total. The number of ether oxygens (including phenoxy) is 1. The van der Waals surface area contributed by atoms with Gasteiger partial charge in [-0.05, 0) is 19.1 Å². The fourth-order valence-corrected chi connectivity index (χ4v) is 1.73. The van der Waals surface area contributed by atoms with E-state index in [2.05, 4.69) is 5.16 Å². The lowest BCUT2D eigenvalue weighted by molar-refractivity contribution is -0.148. The third-order valence-electron chi connectivity index (χ3n) is 2.78. The van der Waals surface area contributed by atoms with E-state index >= 15 is 0 Å². The highest BCUT2D eigenvalue weighted by Crippen LogP contribution is 2.16. The van der Waals surface area contributed by atoms with Gasteiger partial charge in [0, 0.05) is 11.6 Å². The summed E-state index contributed by atoms with van der Waals surface area (Å²) in [7, 11) is 0. The quantitative estimate of drug-likeness (QED) is 0.472. The molecule has 0 saturated carbocycles. The zero-order chi connectivity index (χ0) is 16.1. The molecule has 0 unspecified atom stereocenters. The zero-order valence-corrected chi connectivity index (χ0v) is 11.7.